The molecule has 0 aromatic heterocycles. The number of nitrogens with one attached hydrogen (secondary N) is 1. The highest BCUT2D eigenvalue weighted by atomic mass is 16.5. The molecular weight excluding hydrogens is 254 g/mol. The van der Waals surface area contributed by atoms with Crippen molar-refractivity contribution in [3.63, 3.8) is 0 Å². The fourth-order valence-electron chi connectivity index (χ4n) is 2.25. The van der Waals surface area contributed by atoms with Gasteiger partial charge >= 0.3 is 0 Å². The van der Waals surface area contributed by atoms with E-state index in [1.165, 1.54) is 11.1 Å². The number of hydrogen-bond acceptors (Lipinski definition) is 3. The van der Waals surface area contributed by atoms with E-state index < -0.39 is 6.10 Å². The second kappa shape index (κ2) is 8.72. The molecule has 0 saturated heterocycles. The Labute approximate surface area is 121 Å². The van der Waals surface area contributed by atoms with E-state index in [0.29, 0.717) is 26.0 Å². The third-order valence-electron chi connectivity index (χ3n) is 3.37. The zero-order valence-electron chi connectivity index (χ0n) is 12.6. The molecule has 2 atom stereocenters. The Morgan fingerprint density at radius 1 is 1.40 bits per heavy atom. The molecule has 0 saturated carbocycles. The van der Waals surface area contributed by atoms with Gasteiger partial charge < -0.3 is 15.2 Å². The van der Waals surface area contributed by atoms with Crippen molar-refractivity contribution < 1.29 is 14.6 Å². The lowest BCUT2D eigenvalue weighted by atomic mass is 9.93. The van der Waals surface area contributed by atoms with Crippen LogP contribution in [0, 0.1) is 6.92 Å². The van der Waals surface area contributed by atoms with E-state index in [4.69, 9.17) is 4.74 Å². The summed E-state index contributed by atoms with van der Waals surface area (Å²) >= 11 is 0. The van der Waals surface area contributed by atoms with E-state index in [9.17, 15) is 9.90 Å². The van der Waals surface area contributed by atoms with Gasteiger partial charge in [0.25, 0.3) is 0 Å². The van der Waals surface area contributed by atoms with E-state index in [1.54, 1.807) is 7.11 Å². The van der Waals surface area contributed by atoms with Gasteiger partial charge in [-0.1, -0.05) is 31.2 Å². The Balaban J connectivity index is 2.34. The van der Waals surface area contributed by atoms with Crippen molar-refractivity contribution in [3.05, 3.63) is 35.4 Å². The van der Waals surface area contributed by atoms with Crippen LogP contribution in [0.5, 0.6) is 0 Å². The zero-order chi connectivity index (χ0) is 15.0. The monoisotopic (exact) mass is 279 g/mol. The number of rotatable bonds is 8. The van der Waals surface area contributed by atoms with Crippen LogP contribution in [0.4, 0.5) is 0 Å². The summed E-state index contributed by atoms with van der Waals surface area (Å²) in [6.45, 7) is 4.89. The summed E-state index contributed by atoms with van der Waals surface area (Å²) in [4.78, 5) is 11.9. The highest BCUT2D eigenvalue weighted by Crippen LogP contribution is 2.22. The molecule has 112 valence electrons. The SMILES string of the molecule is COCC(O)CCNC(=O)CC(C)c1ccccc1C. The van der Waals surface area contributed by atoms with Gasteiger partial charge in [-0.05, 0) is 30.4 Å². The zero-order valence-corrected chi connectivity index (χ0v) is 12.6. The standard InChI is InChI=1S/C16H25NO3/c1-12-6-4-5-7-15(12)13(2)10-16(19)17-9-8-14(18)11-20-3/h4-7,13-14,18H,8-11H2,1-3H3,(H,17,19). The molecule has 0 spiro atoms. The Hall–Kier alpha value is -1.39. The third-order valence-corrected chi connectivity index (χ3v) is 3.37. The van der Waals surface area contributed by atoms with Gasteiger partial charge in [0, 0.05) is 20.1 Å². The maximum Gasteiger partial charge on any atom is 0.220 e. The summed E-state index contributed by atoms with van der Waals surface area (Å²) in [6.07, 6.45) is 0.456. The van der Waals surface area contributed by atoms with Gasteiger partial charge in [-0.15, -0.1) is 0 Å². The number of aryl methyl sites for hydroxylation is 1. The topological polar surface area (TPSA) is 58.6 Å². The molecule has 0 heterocycles. The Morgan fingerprint density at radius 3 is 2.75 bits per heavy atom. The number of hydrogen-bond donors (Lipinski definition) is 2. The quantitative estimate of drug-likeness (QED) is 0.765. The molecule has 4 heteroatoms. The molecule has 2 unspecified atom stereocenters. The Kier molecular flexibility index (Phi) is 7.26. The number of methoxy groups -OCH3 is 1. The van der Waals surface area contributed by atoms with Crippen molar-refractivity contribution in [2.45, 2.75) is 38.7 Å². The molecule has 1 aromatic carbocycles. The normalized spacial score (nSPS) is 13.8. The van der Waals surface area contributed by atoms with E-state index in [0.717, 1.165) is 0 Å². The second-order valence-electron chi connectivity index (χ2n) is 5.21. The van der Waals surface area contributed by atoms with Crippen molar-refractivity contribution in [2.24, 2.45) is 0 Å². The summed E-state index contributed by atoms with van der Waals surface area (Å²) in [6, 6.07) is 8.13. The van der Waals surface area contributed by atoms with Crippen LogP contribution in [0.3, 0.4) is 0 Å². The average Bonchev–Trinajstić information content (AvgIpc) is 2.39. The Morgan fingerprint density at radius 2 is 2.10 bits per heavy atom. The van der Waals surface area contributed by atoms with Crippen LogP contribution >= 0.6 is 0 Å². The molecule has 0 aliphatic rings. The summed E-state index contributed by atoms with van der Waals surface area (Å²) in [5, 5.41) is 12.3. The van der Waals surface area contributed by atoms with Crippen LogP contribution in [-0.2, 0) is 9.53 Å². The van der Waals surface area contributed by atoms with Gasteiger partial charge in [-0.3, -0.25) is 4.79 Å². The first-order valence-electron chi connectivity index (χ1n) is 7.03. The maximum absolute atomic E-state index is 11.9. The number of aliphatic hydroxyl groups is 1. The highest BCUT2D eigenvalue weighted by molar-refractivity contribution is 5.76. The summed E-state index contributed by atoms with van der Waals surface area (Å²) in [5.41, 5.74) is 2.42. The molecule has 1 aromatic rings. The van der Waals surface area contributed by atoms with Gasteiger partial charge in [0.05, 0.1) is 12.7 Å². The van der Waals surface area contributed by atoms with Crippen LogP contribution in [0.25, 0.3) is 0 Å². The van der Waals surface area contributed by atoms with Crippen LogP contribution in [0.15, 0.2) is 24.3 Å². The molecule has 2 N–H and O–H groups in total. The molecule has 1 rings (SSSR count). The fraction of sp³-hybridized carbons (Fsp3) is 0.562. The number of amides is 1. The van der Waals surface area contributed by atoms with Crippen molar-refractivity contribution >= 4 is 5.91 Å². The summed E-state index contributed by atoms with van der Waals surface area (Å²) in [7, 11) is 1.55. The van der Waals surface area contributed by atoms with Crippen molar-refractivity contribution in [1.29, 1.82) is 0 Å². The van der Waals surface area contributed by atoms with E-state index in [2.05, 4.69) is 31.3 Å². The van der Waals surface area contributed by atoms with Crippen molar-refractivity contribution in [3.8, 4) is 0 Å². The van der Waals surface area contributed by atoms with Gasteiger partial charge in [0.15, 0.2) is 0 Å². The fourth-order valence-corrected chi connectivity index (χ4v) is 2.25. The first-order chi connectivity index (χ1) is 9.54. The minimum Gasteiger partial charge on any atom is -0.391 e. The lowest BCUT2D eigenvalue weighted by molar-refractivity contribution is -0.121. The number of carbonyl (C=O) groups is 1. The molecule has 20 heavy (non-hydrogen) atoms. The lowest BCUT2D eigenvalue weighted by Crippen LogP contribution is -2.29. The van der Waals surface area contributed by atoms with Crippen LogP contribution in [0.2, 0.25) is 0 Å². The van der Waals surface area contributed by atoms with Crippen LogP contribution in [-0.4, -0.2) is 37.4 Å². The minimum absolute atomic E-state index is 0.0189. The smallest absolute Gasteiger partial charge is 0.220 e. The third kappa shape index (κ3) is 5.72. The first-order valence-corrected chi connectivity index (χ1v) is 7.03. The molecule has 0 radical (unpaired) electrons. The molecule has 0 aliphatic heterocycles. The molecule has 1 amide bonds. The number of benzene rings is 1. The first kappa shape index (κ1) is 16.7. The Bertz CT molecular complexity index is 420. The van der Waals surface area contributed by atoms with Crippen LogP contribution < -0.4 is 5.32 Å². The number of aliphatic hydroxyl groups excluding tert-OH is 1. The van der Waals surface area contributed by atoms with E-state index >= 15 is 0 Å². The highest BCUT2D eigenvalue weighted by Gasteiger charge is 2.13. The summed E-state index contributed by atoms with van der Waals surface area (Å²) in [5.74, 6) is 0.213. The predicted molar refractivity (Wildman–Crippen MR) is 79.7 cm³/mol. The van der Waals surface area contributed by atoms with Gasteiger partial charge in [-0.25, -0.2) is 0 Å². The number of ether oxygens (including phenoxy) is 1. The molecule has 0 fully saturated rings. The van der Waals surface area contributed by atoms with Crippen molar-refractivity contribution in [2.75, 3.05) is 20.3 Å². The van der Waals surface area contributed by atoms with Gasteiger partial charge in [0.2, 0.25) is 5.91 Å². The van der Waals surface area contributed by atoms with Gasteiger partial charge in [-0.2, -0.15) is 0 Å². The van der Waals surface area contributed by atoms with E-state index in [-0.39, 0.29) is 11.8 Å². The summed E-state index contributed by atoms with van der Waals surface area (Å²) < 4.78 is 4.83. The predicted octanol–water partition coefficient (Wildman–Crippen LogP) is 2.00. The largest absolute Gasteiger partial charge is 0.391 e. The number of carbonyl (C=O) groups excluding carboxylic acids is 1. The average molecular weight is 279 g/mol. The second-order valence-corrected chi connectivity index (χ2v) is 5.21. The lowest BCUT2D eigenvalue weighted by Gasteiger charge is -2.15. The van der Waals surface area contributed by atoms with Crippen LogP contribution in [0.1, 0.15) is 36.8 Å². The molecule has 0 aliphatic carbocycles. The maximum atomic E-state index is 11.9. The van der Waals surface area contributed by atoms with Crippen molar-refractivity contribution in [1.82, 2.24) is 5.32 Å². The van der Waals surface area contributed by atoms with E-state index in [1.807, 2.05) is 12.1 Å². The minimum atomic E-state index is -0.519. The molecular formula is C16H25NO3. The molecule has 4 nitrogen and oxygen atoms in total. The molecule has 0 bridgehead atoms. The van der Waals surface area contributed by atoms with Gasteiger partial charge in [0.1, 0.15) is 0 Å².